The van der Waals surface area contributed by atoms with Crippen LogP contribution in [0, 0.1) is 11.8 Å². The van der Waals surface area contributed by atoms with E-state index in [9.17, 15) is 9.59 Å². The molecular formula is C14H24N2O4. The van der Waals surface area contributed by atoms with E-state index in [1.807, 2.05) is 4.90 Å². The highest BCUT2D eigenvalue weighted by molar-refractivity contribution is 5.76. The van der Waals surface area contributed by atoms with E-state index in [4.69, 9.17) is 9.84 Å². The number of piperidine rings is 1. The second-order valence-corrected chi connectivity index (χ2v) is 6.15. The minimum atomic E-state index is -0.890. The summed E-state index contributed by atoms with van der Waals surface area (Å²) in [6, 6.07) is -0.376. The molecule has 0 saturated carbocycles. The fraction of sp³-hybridized carbons (Fsp3) is 0.857. The summed E-state index contributed by atoms with van der Waals surface area (Å²) in [6.45, 7) is 7.13. The normalized spacial score (nSPS) is 31.2. The second-order valence-electron chi connectivity index (χ2n) is 6.15. The maximum Gasteiger partial charge on any atom is 0.320 e. The fourth-order valence-corrected chi connectivity index (χ4v) is 3.28. The van der Waals surface area contributed by atoms with Gasteiger partial charge in [-0.15, -0.1) is 0 Å². The lowest BCUT2D eigenvalue weighted by Gasteiger charge is -2.42. The van der Waals surface area contributed by atoms with E-state index in [1.165, 1.54) is 0 Å². The average Bonchev–Trinajstić information content (AvgIpc) is 2.36. The number of hydrogen-bond donors (Lipinski definition) is 1. The molecule has 3 atom stereocenters. The first-order valence-electron chi connectivity index (χ1n) is 7.32. The Bertz CT molecular complexity index is 364. The number of morpholine rings is 1. The molecule has 0 bridgehead atoms. The Hall–Kier alpha value is -1.30. The molecule has 0 aliphatic carbocycles. The summed E-state index contributed by atoms with van der Waals surface area (Å²) in [4.78, 5) is 27.1. The lowest BCUT2D eigenvalue weighted by atomic mass is 9.92. The van der Waals surface area contributed by atoms with E-state index in [0.29, 0.717) is 31.6 Å². The number of carboxylic acids is 1. The minimum absolute atomic E-state index is 0.0297. The molecule has 2 amide bonds. The van der Waals surface area contributed by atoms with Crippen molar-refractivity contribution >= 4 is 12.0 Å². The number of ether oxygens (including phenoxy) is 1. The SMILES string of the molecule is CC1CC(C)CN(C(=O)N2CCOCC2CC(=O)O)C1. The Morgan fingerprint density at radius 1 is 1.25 bits per heavy atom. The van der Waals surface area contributed by atoms with Crippen LogP contribution in [0.15, 0.2) is 0 Å². The zero-order valence-electron chi connectivity index (χ0n) is 12.2. The van der Waals surface area contributed by atoms with Gasteiger partial charge in [0.2, 0.25) is 0 Å². The zero-order chi connectivity index (χ0) is 14.7. The summed E-state index contributed by atoms with van der Waals surface area (Å²) >= 11 is 0. The van der Waals surface area contributed by atoms with Crippen LogP contribution < -0.4 is 0 Å². The quantitative estimate of drug-likeness (QED) is 0.828. The van der Waals surface area contributed by atoms with Crippen LogP contribution in [0.25, 0.3) is 0 Å². The van der Waals surface area contributed by atoms with Crippen molar-refractivity contribution < 1.29 is 19.4 Å². The first-order valence-corrected chi connectivity index (χ1v) is 7.32. The molecule has 0 radical (unpaired) electrons. The summed E-state index contributed by atoms with van der Waals surface area (Å²) < 4.78 is 5.32. The molecule has 0 spiro atoms. The Kier molecular flexibility index (Phi) is 4.86. The van der Waals surface area contributed by atoms with Crippen molar-refractivity contribution in [2.24, 2.45) is 11.8 Å². The molecule has 2 heterocycles. The van der Waals surface area contributed by atoms with Gasteiger partial charge in [0.05, 0.1) is 25.7 Å². The average molecular weight is 284 g/mol. The van der Waals surface area contributed by atoms with Crippen molar-refractivity contribution in [3.63, 3.8) is 0 Å². The van der Waals surface area contributed by atoms with Gasteiger partial charge in [0, 0.05) is 19.6 Å². The van der Waals surface area contributed by atoms with Crippen molar-refractivity contribution in [1.82, 2.24) is 9.80 Å². The van der Waals surface area contributed by atoms with E-state index >= 15 is 0 Å². The van der Waals surface area contributed by atoms with Gasteiger partial charge in [0.1, 0.15) is 0 Å². The number of urea groups is 1. The number of nitrogens with zero attached hydrogens (tertiary/aromatic N) is 2. The molecule has 0 aromatic heterocycles. The first kappa shape index (κ1) is 15.1. The van der Waals surface area contributed by atoms with Gasteiger partial charge < -0.3 is 19.6 Å². The van der Waals surface area contributed by atoms with E-state index in [1.54, 1.807) is 4.90 Å². The molecule has 1 N–H and O–H groups in total. The van der Waals surface area contributed by atoms with Crippen LogP contribution in [0.2, 0.25) is 0 Å². The van der Waals surface area contributed by atoms with E-state index in [0.717, 1.165) is 19.5 Å². The van der Waals surface area contributed by atoms with Crippen molar-refractivity contribution in [1.29, 1.82) is 0 Å². The number of carboxylic acid groups (broad SMARTS) is 1. The predicted octanol–water partition coefficient (Wildman–Crippen LogP) is 1.26. The highest BCUT2D eigenvalue weighted by Crippen LogP contribution is 2.23. The summed E-state index contributed by atoms with van der Waals surface area (Å²) in [7, 11) is 0. The van der Waals surface area contributed by atoms with Crippen molar-refractivity contribution in [3.8, 4) is 0 Å². The van der Waals surface area contributed by atoms with Crippen LogP contribution in [-0.4, -0.2) is 65.8 Å². The van der Waals surface area contributed by atoms with Gasteiger partial charge in [0.15, 0.2) is 0 Å². The smallest absolute Gasteiger partial charge is 0.320 e. The number of likely N-dealkylation sites (tertiary alicyclic amines) is 1. The number of carbonyl (C=O) groups is 2. The topological polar surface area (TPSA) is 70.1 Å². The highest BCUT2D eigenvalue weighted by Gasteiger charge is 2.34. The van der Waals surface area contributed by atoms with Crippen molar-refractivity contribution in [3.05, 3.63) is 0 Å². The van der Waals surface area contributed by atoms with Crippen LogP contribution in [-0.2, 0) is 9.53 Å². The molecule has 114 valence electrons. The molecule has 20 heavy (non-hydrogen) atoms. The summed E-state index contributed by atoms with van der Waals surface area (Å²) in [5.41, 5.74) is 0. The third-order valence-corrected chi connectivity index (χ3v) is 4.02. The zero-order valence-corrected chi connectivity index (χ0v) is 12.2. The Morgan fingerprint density at radius 3 is 2.50 bits per heavy atom. The van der Waals surface area contributed by atoms with Crippen LogP contribution in [0.3, 0.4) is 0 Å². The molecule has 6 heteroatoms. The van der Waals surface area contributed by atoms with Gasteiger partial charge in [-0.25, -0.2) is 4.79 Å². The lowest BCUT2D eigenvalue weighted by Crippen LogP contribution is -2.56. The number of hydrogen-bond acceptors (Lipinski definition) is 3. The second kappa shape index (κ2) is 6.43. The molecular weight excluding hydrogens is 260 g/mol. The summed E-state index contributed by atoms with van der Waals surface area (Å²) in [5.74, 6) is 0.113. The number of carbonyl (C=O) groups excluding carboxylic acids is 1. The van der Waals surface area contributed by atoms with Gasteiger partial charge in [-0.1, -0.05) is 13.8 Å². The molecule has 3 unspecified atom stereocenters. The van der Waals surface area contributed by atoms with E-state index < -0.39 is 5.97 Å². The Balaban J connectivity index is 2.03. The molecule has 2 saturated heterocycles. The maximum atomic E-state index is 12.6. The first-order chi connectivity index (χ1) is 9.47. The third kappa shape index (κ3) is 3.62. The monoisotopic (exact) mass is 284 g/mol. The predicted molar refractivity (Wildman–Crippen MR) is 73.5 cm³/mol. The molecule has 0 aromatic rings. The molecule has 2 aliphatic heterocycles. The molecule has 2 rings (SSSR count). The van der Waals surface area contributed by atoms with Gasteiger partial charge >= 0.3 is 12.0 Å². The molecule has 2 fully saturated rings. The summed E-state index contributed by atoms with van der Waals surface area (Å²) in [5, 5.41) is 8.95. The van der Waals surface area contributed by atoms with E-state index in [2.05, 4.69) is 13.8 Å². The van der Waals surface area contributed by atoms with Crippen molar-refractivity contribution in [2.75, 3.05) is 32.8 Å². The van der Waals surface area contributed by atoms with Gasteiger partial charge in [0.25, 0.3) is 0 Å². The third-order valence-electron chi connectivity index (χ3n) is 4.02. The standard InChI is InChI=1S/C14H24N2O4/c1-10-5-11(2)8-15(7-10)14(19)16-3-4-20-9-12(16)6-13(17)18/h10-12H,3-9H2,1-2H3,(H,17,18). The summed E-state index contributed by atoms with van der Waals surface area (Å²) in [6.07, 6.45) is 1.09. The largest absolute Gasteiger partial charge is 0.481 e. The van der Waals surface area contributed by atoms with Gasteiger partial charge in [-0.3, -0.25) is 4.79 Å². The van der Waals surface area contributed by atoms with Gasteiger partial charge in [-0.2, -0.15) is 0 Å². The molecule has 2 aliphatic rings. The number of aliphatic carboxylic acids is 1. The van der Waals surface area contributed by atoms with E-state index in [-0.39, 0.29) is 18.5 Å². The molecule has 0 aromatic carbocycles. The van der Waals surface area contributed by atoms with Crippen LogP contribution in [0.5, 0.6) is 0 Å². The van der Waals surface area contributed by atoms with Crippen LogP contribution in [0.4, 0.5) is 4.79 Å². The Morgan fingerprint density at radius 2 is 1.90 bits per heavy atom. The van der Waals surface area contributed by atoms with Crippen LogP contribution >= 0.6 is 0 Å². The Labute approximate surface area is 119 Å². The fourth-order valence-electron chi connectivity index (χ4n) is 3.28. The lowest BCUT2D eigenvalue weighted by molar-refractivity contribution is -0.139. The van der Waals surface area contributed by atoms with Crippen molar-refractivity contribution in [2.45, 2.75) is 32.7 Å². The van der Waals surface area contributed by atoms with Gasteiger partial charge in [-0.05, 0) is 18.3 Å². The number of amides is 2. The number of rotatable bonds is 2. The maximum absolute atomic E-state index is 12.6. The highest BCUT2D eigenvalue weighted by atomic mass is 16.5. The minimum Gasteiger partial charge on any atom is -0.481 e. The molecule has 6 nitrogen and oxygen atoms in total. The van der Waals surface area contributed by atoms with Crippen LogP contribution in [0.1, 0.15) is 26.7 Å².